The predicted octanol–water partition coefficient (Wildman–Crippen LogP) is 2.81. The van der Waals surface area contributed by atoms with Crippen LogP contribution in [0, 0.1) is 5.92 Å². The van der Waals surface area contributed by atoms with Crippen LogP contribution in [0.2, 0.25) is 4.47 Å². The molecular formula is C11H13ClN2OS. The fourth-order valence-corrected chi connectivity index (χ4v) is 3.55. The summed E-state index contributed by atoms with van der Waals surface area (Å²) in [5, 5.41) is 1.76. The number of hydrogen-bond donors (Lipinski definition) is 0. The molecule has 0 spiro atoms. The fraction of sp³-hybridized carbons (Fsp3) is 0.636. The Labute approximate surface area is 103 Å². The molecule has 0 aromatic carbocycles. The van der Waals surface area contributed by atoms with Crippen LogP contribution in [-0.2, 0) is 0 Å². The number of carbonyl (C=O) groups excluding carboxylic acids is 1. The zero-order valence-electron chi connectivity index (χ0n) is 8.86. The van der Waals surface area contributed by atoms with Crippen LogP contribution in [0.3, 0.4) is 0 Å². The molecule has 1 aromatic heterocycles. The molecule has 3 fully saturated rings. The van der Waals surface area contributed by atoms with Gasteiger partial charge in [0.05, 0.1) is 0 Å². The molecule has 16 heavy (non-hydrogen) atoms. The standard InChI is InChI=1S/C11H13ClN2OS/c12-11-13-9(6-16-11)10(15)14-5-7-1-3-8(14)4-2-7/h6-8H,1-5H2. The quantitative estimate of drug-likeness (QED) is 0.774. The molecule has 3 aliphatic rings. The zero-order chi connectivity index (χ0) is 11.1. The molecule has 0 atom stereocenters. The number of thiazole rings is 1. The van der Waals surface area contributed by atoms with Gasteiger partial charge in [0.15, 0.2) is 4.47 Å². The van der Waals surface area contributed by atoms with E-state index in [0.29, 0.717) is 22.1 Å². The van der Waals surface area contributed by atoms with E-state index in [9.17, 15) is 4.79 Å². The lowest BCUT2D eigenvalue weighted by Crippen LogP contribution is -2.50. The van der Waals surface area contributed by atoms with E-state index in [1.54, 1.807) is 5.38 Å². The molecule has 4 rings (SSSR count). The summed E-state index contributed by atoms with van der Waals surface area (Å²) in [6, 6.07) is 0.443. The minimum absolute atomic E-state index is 0.0672. The highest BCUT2D eigenvalue weighted by Gasteiger charge is 2.37. The number of fused-ring (bicyclic) bond motifs is 3. The van der Waals surface area contributed by atoms with Crippen LogP contribution in [0.4, 0.5) is 0 Å². The third kappa shape index (κ3) is 1.74. The van der Waals surface area contributed by atoms with Gasteiger partial charge in [-0.15, -0.1) is 11.3 Å². The monoisotopic (exact) mass is 256 g/mol. The van der Waals surface area contributed by atoms with Crippen molar-refractivity contribution in [1.82, 2.24) is 9.88 Å². The number of rotatable bonds is 1. The van der Waals surface area contributed by atoms with Gasteiger partial charge in [0, 0.05) is 18.0 Å². The lowest BCUT2D eigenvalue weighted by Gasteiger charge is -2.45. The molecule has 2 bridgehead atoms. The molecule has 1 aromatic rings. The van der Waals surface area contributed by atoms with E-state index in [4.69, 9.17) is 11.6 Å². The molecule has 0 N–H and O–H groups in total. The van der Waals surface area contributed by atoms with Crippen molar-refractivity contribution in [3.05, 3.63) is 15.5 Å². The van der Waals surface area contributed by atoms with Crippen LogP contribution in [0.15, 0.2) is 5.38 Å². The Morgan fingerprint density at radius 1 is 1.44 bits per heavy atom. The summed E-state index contributed by atoms with van der Waals surface area (Å²) in [6.07, 6.45) is 4.89. The lowest BCUT2D eigenvalue weighted by atomic mass is 9.80. The minimum Gasteiger partial charge on any atom is -0.334 e. The zero-order valence-corrected chi connectivity index (χ0v) is 10.4. The second kappa shape index (κ2) is 4.00. The van der Waals surface area contributed by atoms with Gasteiger partial charge < -0.3 is 4.90 Å². The Bertz CT molecular complexity index is 412. The van der Waals surface area contributed by atoms with Crippen molar-refractivity contribution in [2.75, 3.05) is 6.54 Å². The van der Waals surface area contributed by atoms with Crippen LogP contribution >= 0.6 is 22.9 Å². The SMILES string of the molecule is O=C(c1csc(Cl)n1)N1CC2CCC1CC2. The summed E-state index contributed by atoms with van der Waals surface area (Å²) < 4.78 is 0.450. The summed E-state index contributed by atoms with van der Waals surface area (Å²) in [5.74, 6) is 0.778. The first-order valence-electron chi connectivity index (χ1n) is 5.66. The summed E-state index contributed by atoms with van der Waals surface area (Å²) in [7, 11) is 0. The number of halogens is 1. The summed E-state index contributed by atoms with van der Waals surface area (Å²) in [6.45, 7) is 0.915. The van der Waals surface area contributed by atoms with Gasteiger partial charge in [0.1, 0.15) is 5.69 Å². The molecule has 2 saturated heterocycles. The molecule has 1 saturated carbocycles. The smallest absolute Gasteiger partial charge is 0.273 e. The maximum Gasteiger partial charge on any atom is 0.273 e. The van der Waals surface area contributed by atoms with Crippen molar-refractivity contribution in [1.29, 1.82) is 0 Å². The third-order valence-corrected chi connectivity index (χ3v) is 4.65. The van der Waals surface area contributed by atoms with E-state index in [1.807, 2.05) is 4.90 Å². The van der Waals surface area contributed by atoms with E-state index >= 15 is 0 Å². The lowest BCUT2D eigenvalue weighted by molar-refractivity contribution is 0.0329. The van der Waals surface area contributed by atoms with Gasteiger partial charge in [-0.3, -0.25) is 4.79 Å². The van der Waals surface area contributed by atoms with Gasteiger partial charge in [-0.1, -0.05) is 11.6 Å². The Kier molecular flexibility index (Phi) is 2.64. The van der Waals surface area contributed by atoms with Crippen LogP contribution in [0.25, 0.3) is 0 Å². The number of carbonyl (C=O) groups is 1. The van der Waals surface area contributed by atoms with Crippen molar-refractivity contribution in [3.63, 3.8) is 0 Å². The normalized spacial score (nSPS) is 28.4. The Morgan fingerprint density at radius 2 is 2.19 bits per heavy atom. The summed E-state index contributed by atoms with van der Waals surface area (Å²) in [4.78, 5) is 18.3. The average Bonchev–Trinajstić information content (AvgIpc) is 2.76. The van der Waals surface area contributed by atoms with Gasteiger partial charge in [0.25, 0.3) is 5.91 Å². The molecule has 1 amide bonds. The highest BCUT2D eigenvalue weighted by molar-refractivity contribution is 7.14. The maximum atomic E-state index is 12.2. The van der Waals surface area contributed by atoms with E-state index < -0.39 is 0 Å². The van der Waals surface area contributed by atoms with Gasteiger partial charge >= 0.3 is 0 Å². The van der Waals surface area contributed by atoms with Gasteiger partial charge in [-0.05, 0) is 31.6 Å². The fourth-order valence-electron chi connectivity index (χ4n) is 2.81. The molecule has 0 unspecified atom stereocenters. The number of amides is 1. The predicted molar refractivity (Wildman–Crippen MR) is 63.9 cm³/mol. The van der Waals surface area contributed by atoms with Gasteiger partial charge in [-0.2, -0.15) is 0 Å². The van der Waals surface area contributed by atoms with E-state index in [1.165, 1.54) is 24.2 Å². The van der Waals surface area contributed by atoms with Crippen LogP contribution in [0.1, 0.15) is 36.2 Å². The van der Waals surface area contributed by atoms with Crippen LogP contribution in [-0.4, -0.2) is 28.4 Å². The van der Waals surface area contributed by atoms with Crippen molar-refractivity contribution in [2.24, 2.45) is 5.92 Å². The molecule has 1 aliphatic carbocycles. The second-order valence-corrected chi connectivity index (χ2v) is 6.06. The van der Waals surface area contributed by atoms with Crippen LogP contribution in [0.5, 0.6) is 0 Å². The van der Waals surface area contributed by atoms with Crippen molar-refractivity contribution in [3.8, 4) is 0 Å². The van der Waals surface area contributed by atoms with Crippen molar-refractivity contribution < 1.29 is 4.79 Å². The molecule has 5 heteroatoms. The number of piperidine rings is 2. The summed E-state index contributed by atoms with van der Waals surface area (Å²) in [5.41, 5.74) is 0.516. The first-order chi connectivity index (χ1) is 7.74. The summed E-state index contributed by atoms with van der Waals surface area (Å²) >= 11 is 7.08. The van der Waals surface area contributed by atoms with E-state index in [-0.39, 0.29) is 5.91 Å². The maximum absolute atomic E-state index is 12.2. The van der Waals surface area contributed by atoms with Crippen molar-refractivity contribution in [2.45, 2.75) is 31.7 Å². The molecule has 0 radical (unpaired) electrons. The highest BCUT2D eigenvalue weighted by atomic mass is 35.5. The highest BCUT2D eigenvalue weighted by Crippen LogP contribution is 2.35. The largest absolute Gasteiger partial charge is 0.334 e. The molecule has 2 aliphatic heterocycles. The van der Waals surface area contributed by atoms with Gasteiger partial charge in [0.2, 0.25) is 0 Å². The van der Waals surface area contributed by atoms with Crippen molar-refractivity contribution >= 4 is 28.8 Å². The second-order valence-electron chi connectivity index (χ2n) is 4.62. The average molecular weight is 257 g/mol. The number of aromatic nitrogens is 1. The Balaban J connectivity index is 1.80. The molecule has 86 valence electrons. The molecular weight excluding hydrogens is 244 g/mol. The van der Waals surface area contributed by atoms with E-state index in [2.05, 4.69) is 4.98 Å². The Hall–Kier alpha value is -0.610. The molecule has 3 nitrogen and oxygen atoms in total. The van der Waals surface area contributed by atoms with Gasteiger partial charge in [-0.25, -0.2) is 4.98 Å². The number of nitrogens with zero attached hydrogens (tertiary/aromatic N) is 2. The number of hydrogen-bond acceptors (Lipinski definition) is 3. The minimum atomic E-state index is 0.0672. The molecule has 3 heterocycles. The van der Waals surface area contributed by atoms with Crippen LogP contribution < -0.4 is 0 Å². The Morgan fingerprint density at radius 3 is 2.69 bits per heavy atom. The first kappa shape index (κ1) is 10.5. The third-order valence-electron chi connectivity index (χ3n) is 3.67. The van der Waals surface area contributed by atoms with E-state index in [0.717, 1.165) is 19.4 Å². The topological polar surface area (TPSA) is 33.2 Å². The first-order valence-corrected chi connectivity index (χ1v) is 6.92.